The molecule has 0 aliphatic heterocycles. The van der Waals surface area contributed by atoms with Crippen LogP contribution in [-0.4, -0.2) is 23.2 Å². The number of halogens is 1. The normalized spacial score (nSPS) is 10.1. The summed E-state index contributed by atoms with van der Waals surface area (Å²) in [5.41, 5.74) is 0.934. The third-order valence-electron chi connectivity index (χ3n) is 1.44. The number of aromatic nitrogens is 2. The topological polar surface area (TPSA) is 37.8 Å². The van der Waals surface area contributed by atoms with Crippen molar-refractivity contribution in [3.05, 3.63) is 24.3 Å². The fourth-order valence-corrected chi connectivity index (χ4v) is 0.831. The summed E-state index contributed by atoms with van der Waals surface area (Å²) in [6.45, 7) is 1.11. The average molecular weight is 169 g/mol. The second-order valence-corrected chi connectivity index (χ2v) is 2.42. The smallest absolute Gasteiger partial charge is 0.115 e. The van der Waals surface area contributed by atoms with E-state index in [9.17, 15) is 4.39 Å². The largest absolute Gasteiger partial charge is 0.311 e. The Bertz CT molecular complexity index is 203. The van der Waals surface area contributed by atoms with Crippen molar-refractivity contribution >= 4 is 0 Å². The molecule has 4 heteroatoms. The number of hydrogen-bond acceptors (Lipinski definition) is 3. The fraction of sp³-hybridized carbons (Fsp3) is 0.500. The van der Waals surface area contributed by atoms with Crippen molar-refractivity contribution in [1.29, 1.82) is 0 Å². The van der Waals surface area contributed by atoms with Gasteiger partial charge in [-0.2, -0.15) is 0 Å². The molecule has 0 atom stereocenters. The van der Waals surface area contributed by atoms with E-state index in [1.54, 1.807) is 6.20 Å². The summed E-state index contributed by atoms with van der Waals surface area (Å²) in [4.78, 5) is 7.80. The van der Waals surface area contributed by atoms with Gasteiger partial charge in [0.05, 0.1) is 12.4 Å². The number of nitrogens with one attached hydrogen (secondary N) is 1. The van der Waals surface area contributed by atoms with Crippen molar-refractivity contribution in [3.63, 3.8) is 0 Å². The van der Waals surface area contributed by atoms with Gasteiger partial charge in [0.15, 0.2) is 0 Å². The van der Waals surface area contributed by atoms with Crippen LogP contribution in [0.15, 0.2) is 18.6 Å². The van der Waals surface area contributed by atoms with Gasteiger partial charge in [-0.1, -0.05) is 0 Å². The summed E-state index contributed by atoms with van der Waals surface area (Å²) in [5, 5.41) is 3.07. The molecule has 1 N–H and O–H groups in total. The van der Waals surface area contributed by atoms with E-state index in [0.29, 0.717) is 19.5 Å². The lowest BCUT2D eigenvalue weighted by Gasteiger charge is -2.00. The van der Waals surface area contributed by atoms with Crippen LogP contribution in [0.2, 0.25) is 0 Å². The predicted octanol–water partition coefficient (Wildman–Crippen LogP) is 0.926. The maximum absolute atomic E-state index is 11.7. The van der Waals surface area contributed by atoms with Crippen molar-refractivity contribution < 1.29 is 4.39 Å². The molecule has 1 rings (SSSR count). The minimum absolute atomic E-state index is 0.267. The molecule has 0 aliphatic rings. The first-order valence-electron chi connectivity index (χ1n) is 3.95. The molecule has 0 saturated heterocycles. The summed E-state index contributed by atoms with van der Waals surface area (Å²) in [6, 6.07) is 1.84. The molecule has 0 saturated carbocycles. The van der Waals surface area contributed by atoms with Gasteiger partial charge in [-0.15, -0.1) is 0 Å². The van der Waals surface area contributed by atoms with Gasteiger partial charge >= 0.3 is 0 Å². The Kier molecular flexibility index (Phi) is 4.23. The van der Waals surface area contributed by atoms with Crippen LogP contribution < -0.4 is 5.32 Å². The molecule has 0 aromatic carbocycles. The Morgan fingerprint density at radius 2 is 2.42 bits per heavy atom. The first-order valence-corrected chi connectivity index (χ1v) is 3.95. The summed E-state index contributed by atoms with van der Waals surface area (Å²) in [5.74, 6) is 0. The van der Waals surface area contributed by atoms with Crippen molar-refractivity contribution in [2.45, 2.75) is 13.0 Å². The molecule has 0 unspecified atom stereocenters. The highest BCUT2D eigenvalue weighted by Crippen LogP contribution is 1.89. The molecular weight excluding hydrogens is 157 g/mol. The third-order valence-corrected chi connectivity index (χ3v) is 1.44. The zero-order valence-electron chi connectivity index (χ0n) is 6.83. The molecule has 12 heavy (non-hydrogen) atoms. The van der Waals surface area contributed by atoms with E-state index in [-0.39, 0.29) is 6.67 Å². The van der Waals surface area contributed by atoms with Crippen LogP contribution in [0, 0.1) is 0 Å². The molecule has 3 nitrogen and oxygen atoms in total. The minimum atomic E-state index is -0.267. The lowest BCUT2D eigenvalue weighted by atomic mass is 10.4. The zero-order chi connectivity index (χ0) is 8.65. The van der Waals surface area contributed by atoms with Crippen LogP contribution in [0.1, 0.15) is 12.1 Å². The van der Waals surface area contributed by atoms with Gasteiger partial charge in [0.25, 0.3) is 0 Å². The standard InChI is InChI=1S/C8H12FN3/c9-3-1-4-10-6-8-2-5-11-7-12-8/h2,5,7,10H,1,3-4,6H2. The molecule has 0 spiro atoms. The molecular formula is C8H12FN3. The van der Waals surface area contributed by atoms with Crippen molar-refractivity contribution in [2.75, 3.05) is 13.2 Å². The highest BCUT2D eigenvalue weighted by atomic mass is 19.1. The first-order chi connectivity index (χ1) is 5.93. The summed E-state index contributed by atoms with van der Waals surface area (Å²) in [7, 11) is 0. The average Bonchev–Trinajstić information content (AvgIpc) is 2.14. The number of hydrogen-bond donors (Lipinski definition) is 1. The van der Waals surface area contributed by atoms with E-state index >= 15 is 0 Å². The van der Waals surface area contributed by atoms with Crippen molar-refractivity contribution in [2.24, 2.45) is 0 Å². The van der Waals surface area contributed by atoms with Gasteiger partial charge in [-0.3, -0.25) is 4.39 Å². The van der Waals surface area contributed by atoms with Gasteiger partial charge in [-0.05, 0) is 19.0 Å². The highest BCUT2D eigenvalue weighted by molar-refractivity contribution is 4.96. The Balaban J connectivity index is 2.16. The van der Waals surface area contributed by atoms with Gasteiger partial charge in [0.2, 0.25) is 0 Å². The molecule has 0 fully saturated rings. The van der Waals surface area contributed by atoms with E-state index in [2.05, 4.69) is 15.3 Å². The molecule has 0 bridgehead atoms. The fourth-order valence-electron chi connectivity index (χ4n) is 0.831. The van der Waals surface area contributed by atoms with Gasteiger partial charge < -0.3 is 5.32 Å². The summed E-state index contributed by atoms with van der Waals surface area (Å²) < 4.78 is 11.7. The van der Waals surface area contributed by atoms with Gasteiger partial charge in [-0.25, -0.2) is 9.97 Å². The predicted molar refractivity (Wildman–Crippen MR) is 44.3 cm³/mol. The van der Waals surface area contributed by atoms with Crippen molar-refractivity contribution in [1.82, 2.24) is 15.3 Å². The maximum atomic E-state index is 11.7. The number of nitrogens with zero attached hydrogens (tertiary/aromatic N) is 2. The zero-order valence-corrected chi connectivity index (χ0v) is 6.83. The molecule has 0 aliphatic carbocycles. The number of rotatable bonds is 5. The Morgan fingerprint density at radius 3 is 3.08 bits per heavy atom. The summed E-state index contributed by atoms with van der Waals surface area (Å²) in [6.07, 6.45) is 3.76. The second-order valence-electron chi connectivity index (χ2n) is 2.42. The molecule has 0 radical (unpaired) electrons. The summed E-state index contributed by atoms with van der Waals surface area (Å²) >= 11 is 0. The quantitative estimate of drug-likeness (QED) is 0.666. The second kappa shape index (κ2) is 5.60. The monoisotopic (exact) mass is 169 g/mol. The minimum Gasteiger partial charge on any atom is -0.311 e. The van der Waals surface area contributed by atoms with Crippen LogP contribution in [0.4, 0.5) is 4.39 Å². The third kappa shape index (κ3) is 3.39. The van der Waals surface area contributed by atoms with E-state index < -0.39 is 0 Å². The van der Waals surface area contributed by atoms with E-state index in [1.165, 1.54) is 6.33 Å². The van der Waals surface area contributed by atoms with Gasteiger partial charge in [0, 0.05) is 12.7 Å². The van der Waals surface area contributed by atoms with E-state index in [4.69, 9.17) is 0 Å². The number of alkyl halides is 1. The van der Waals surface area contributed by atoms with Crippen LogP contribution in [-0.2, 0) is 6.54 Å². The Morgan fingerprint density at radius 1 is 1.50 bits per heavy atom. The van der Waals surface area contributed by atoms with Crippen molar-refractivity contribution in [3.8, 4) is 0 Å². The van der Waals surface area contributed by atoms with E-state index in [0.717, 1.165) is 5.69 Å². The SMILES string of the molecule is FCCCNCc1ccncn1. The lowest BCUT2D eigenvalue weighted by molar-refractivity contribution is 0.458. The lowest BCUT2D eigenvalue weighted by Crippen LogP contribution is -2.15. The molecule has 1 heterocycles. The maximum Gasteiger partial charge on any atom is 0.115 e. The Labute approximate surface area is 71.0 Å². The van der Waals surface area contributed by atoms with E-state index in [1.807, 2.05) is 6.07 Å². The molecule has 66 valence electrons. The van der Waals surface area contributed by atoms with Crippen LogP contribution in [0.25, 0.3) is 0 Å². The molecule has 1 aromatic heterocycles. The van der Waals surface area contributed by atoms with Crippen LogP contribution in [0.5, 0.6) is 0 Å². The van der Waals surface area contributed by atoms with Crippen LogP contribution >= 0.6 is 0 Å². The molecule has 1 aromatic rings. The van der Waals surface area contributed by atoms with Crippen LogP contribution in [0.3, 0.4) is 0 Å². The first kappa shape index (κ1) is 9.06. The van der Waals surface area contributed by atoms with Gasteiger partial charge in [0.1, 0.15) is 6.33 Å². The molecule has 0 amide bonds. The Hall–Kier alpha value is -1.03. The highest BCUT2D eigenvalue weighted by Gasteiger charge is 1.91.